The number of aromatic nitrogens is 3. The van der Waals surface area contributed by atoms with Gasteiger partial charge in [-0.15, -0.1) is 5.10 Å². The van der Waals surface area contributed by atoms with Crippen LogP contribution in [0.3, 0.4) is 0 Å². The summed E-state index contributed by atoms with van der Waals surface area (Å²) >= 11 is 0. The minimum absolute atomic E-state index is 0.142. The van der Waals surface area contributed by atoms with Crippen LogP contribution in [0.1, 0.15) is 5.56 Å². The van der Waals surface area contributed by atoms with Crippen LogP contribution in [0.2, 0.25) is 0 Å². The van der Waals surface area contributed by atoms with Crippen LogP contribution in [-0.2, 0) is 21.3 Å². The van der Waals surface area contributed by atoms with E-state index >= 15 is 0 Å². The van der Waals surface area contributed by atoms with E-state index in [2.05, 4.69) is 10.3 Å². The first-order chi connectivity index (χ1) is 13.1. The molecule has 0 atom stereocenters. The maximum Gasteiger partial charge on any atom is 0.277 e. The Labute approximate surface area is 156 Å². The molecule has 0 unspecified atom stereocenters. The molecule has 2 aromatic carbocycles. The van der Waals surface area contributed by atoms with E-state index in [9.17, 15) is 13.2 Å². The van der Waals surface area contributed by atoms with Crippen LogP contribution in [0.4, 0.5) is 0 Å². The Kier molecular flexibility index (Phi) is 4.73. The lowest BCUT2D eigenvalue weighted by molar-refractivity contribution is 0.0730. The number of morpholine rings is 1. The van der Waals surface area contributed by atoms with Crippen molar-refractivity contribution in [3.63, 3.8) is 0 Å². The zero-order chi connectivity index (χ0) is 18.9. The largest absolute Gasteiger partial charge is 0.379 e. The highest BCUT2D eigenvalue weighted by Gasteiger charge is 2.26. The number of hydrogen-bond acceptors (Lipinski definition) is 6. The smallest absolute Gasteiger partial charge is 0.277 e. The molecule has 1 saturated heterocycles. The standard InChI is InChI=1S/C18H18N4O4S/c23-18-16-6-1-2-7-17(16)19-20-22(18)13-14-4-3-5-15(12-14)27(24,25)21-8-10-26-11-9-21/h1-7,12H,8-11,13H2. The van der Waals surface area contributed by atoms with Gasteiger partial charge in [-0.3, -0.25) is 4.79 Å². The molecule has 1 aliphatic rings. The van der Waals surface area contributed by atoms with E-state index in [4.69, 9.17) is 4.74 Å². The van der Waals surface area contributed by atoms with Crippen LogP contribution >= 0.6 is 0 Å². The zero-order valence-corrected chi connectivity index (χ0v) is 15.3. The van der Waals surface area contributed by atoms with E-state index in [0.717, 1.165) is 0 Å². The fourth-order valence-corrected chi connectivity index (χ4v) is 4.52. The summed E-state index contributed by atoms with van der Waals surface area (Å²) < 4.78 is 33.5. The van der Waals surface area contributed by atoms with Gasteiger partial charge in [0.05, 0.1) is 30.0 Å². The predicted octanol–water partition coefficient (Wildman–Crippen LogP) is 0.861. The molecular weight excluding hydrogens is 368 g/mol. The van der Waals surface area contributed by atoms with Gasteiger partial charge >= 0.3 is 0 Å². The van der Waals surface area contributed by atoms with E-state index in [-0.39, 0.29) is 17.0 Å². The SMILES string of the molecule is O=c1c2ccccc2nnn1Cc1cccc(S(=O)(=O)N2CCOCC2)c1. The zero-order valence-electron chi connectivity index (χ0n) is 14.5. The Bertz CT molecular complexity index is 1140. The van der Waals surface area contributed by atoms with E-state index in [1.807, 2.05) is 0 Å². The molecule has 0 radical (unpaired) electrons. The van der Waals surface area contributed by atoms with Crippen molar-refractivity contribution in [3.8, 4) is 0 Å². The van der Waals surface area contributed by atoms with Gasteiger partial charge < -0.3 is 4.74 Å². The van der Waals surface area contributed by atoms with Crippen molar-refractivity contribution in [2.45, 2.75) is 11.4 Å². The van der Waals surface area contributed by atoms with Crippen LogP contribution in [0.25, 0.3) is 10.9 Å². The third-order valence-corrected chi connectivity index (χ3v) is 6.36. The average molecular weight is 386 g/mol. The van der Waals surface area contributed by atoms with Crippen molar-refractivity contribution in [3.05, 3.63) is 64.4 Å². The van der Waals surface area contributed by atoms with Crippen LogP contribution in [0.5, 0.6) is 0 Å². The molecule has 0 bridgehead atoms. The monoisotopic (exact) mass is 386 g/mol. The fourth-order valence-electron chi connectivity index (χ4n) is 3.04. The minimum Gasteiger partial charge on any atom is -0.379 e. The van der Waals surface area contributed by atoms with Crippen molar-refractivity contribution in [2.24, 2.45) is 0 Å². The van der Waals surface area contributed by atoms with Crippen molar-refractivity contribution < 1.29 is 13.2 Å². The second kappa shape index (κ2) is 7.18. The van der Waals surface area contributed by atoms with E-state index in [1.165, 1.54) is 8.99 Å². The molecule has 0 N–H and O–H groups in total. The van der Waals surface area contributed by atoms with Gasteiger partial charge in [0.1, 0.15) is 5.52 Å². The molecule has 0 spiro atoms. The van der Waals surface area contributed by atoms with Crippen LogP contribution in [-0.4, -0.2) is 54.0 Å². The number of benzene rings is 2. The molecule has 0 saturated carbocycles. The molecule has 27 heavy (non-hydrogen) atoms. The molecule has 140 valence electrons. The van der Waals surface area contributed by atoms with Gasteiger partial charge in [0.25, 0.3) is 5.56 Å². The number of fused-ring (bicyclic) bond motifs is 1. The van der Waals surface area contributed by atoms with Gasteiger partial charge in [0.2, 0.25) is 10.0 Å². The first-order valence-electron chi connectivity index (χ1n) is 8.55. The normalized spacial score (nSPS) is 15.9. The van der Waals surface area contributed by atoms with E-state index in [1.54, 1.807) is 48.5 Å². The Hall–Kier alpha value is -2.62. The maximum atomic E-state index is 12.8. The molecule has 1 aliphatic heterocycles. The predicted molar refractivity (Wildman–Crippen MR) is 98.9 cm³/mol. The van der Waals surface area contributed by atoms with Gasteiger partial charge in [0, 0.05) is 13.1 Å². The third kappa shape index (κ3) is 3.48. The summed E-state index contributed by atoms with van der Waals surface area (Å²) in [6, 6.07) is 13.6. The van der Waals surface area contributed by atoms with Crippen molar-refractivity contribution in [1.82, 2.24) is 19.3 Å². The number of nitrogens with zero attached hydrogens (tertiary/aromatic N) is 4. The van der Waals surface area contributed by atoms with Crippen LogP contribution in [0, 0.1) is 0 Å². The van der Waals surface area contributed by atoms with Crippen LogP contribution in [0.15, 0.2) is 58.2 Å². The number of hydrogen-bond donors (Lipinski definition) is 0. The van der Waals surface area contributed by atoms with Crippen molar-refractivity contribution >= 4 is 20.9 Å². The molecule has 9 heteroatoms. The van der Waals surface area contributed by atoms with E-state index < -0.39 is 10.0 Å². The molecule has 1 fully saturated rings. The Balaban J connectivity index is 1.65. The van der Waals surface area contributed by atoms with Gasteiger partial charge in [0.15, 0.2) is 0 Å². The quantitative estimate of drug-likeness (QED) is 0.660. The van der Waals surface area contributed by atoms with Crippen molar-refractivity contribution in [1.29, 1.82) is 0 Å². The Morgan fingerprint density at radius 1 is 1.04 bits per heavy atom. The number of ether oxygens (including phenoxy) is 1. The molecule has 4 rings (SSSR count). The topological polar surface area (TPSA) is 94.4 Å². The summed E-state index contributed by atoms with van der Waals surface area (Å²) in [5.74, 6) is 0. The minimum atomic E-state index is -3.59. The maximum absolute atomic E-state index is 12.8. The van der Waals surface area contributed by atoms with Gasteiger partial charge in [-0.05, 0) is 29.8 Å². The van der Waals surface area contributed by atoms with Gasteiger partial charge in [-0.1, -0.05) is 29.5 Å². The lowest BCUT2D eigenvalue weighted by Gasteiger charge is -2.26. The molecule has 0 amide bonds. The molecular formula is C18H18N4O4S. The number of sulfonamides is 1. The van der Waals surface area contributed by atoms with Crippen LogP contribution < -0.4 is 5.56 Å². The molecule has 0 aliphatic carbocycles. The molecule has 3 aromatic rings. The van der Waals surface area contributed by atoms with Gasteiger partial charge in [-0.25, -0.2) is 13.1 Å². The lowest BCUT2D eigenvalue weighted by Crippen LogP contribution is -2.40. The third-order valence-electron chi connectivity index (χ3n) is 4.47. The summed E-state index contributed by atoms with van der Waals surface area (Å²) in [4.78, 5) is 12.8. The molecule has 8 nitrogen and oxygen atoms in total. The number of rotatable bonds is 4. The first-order valence-corrected chi connectivity index (χ1v) is 9.99. The molecule has 2 heterocycles. The highest BCUT2D eigenvalue weighted by atomic mass is 32.2. The highest BCUT2D eigenvalue weighted by Crippen LogP contribution is 2.18. The average Bonchev–Trinajstić information content (AvgIpc) is 2.71. The highest BCUT2D eigenvalue weighted by molar-refractivity contribution is 7.89. The summed E-state index contributed by atoms with van der Waals surface area (Å²) in [7, 11) is -3.59. The first kappa shape index (κ1) is 17.8. The van der Waals surface area contributed by atoms with Gasteiger partial charge in [-0.2, -0.15) is 4.31 Å². The summed E-state index contributed by atoms with van der Waals surface area (Å²) in [6.45, 7) is 1.59. The summed E-state index contributed by atoms with van der Waals surface area (Å²) in [5, 5.41) is 8.49. The lowest BCUT2D eigenvalue weighted by atomic mass is 10.2. The Morgan fingerprint density at radius 3 is 2.63 bits per heavy atom. The van der Waals surface area contributed by atoms with E-state index in [0.29, 0.717) is 42.8 Å². The van der Waals surface area contributed by atoms with Crippen molar-refractivity contribution in [2.75, 3.05) is 26.3 Å². The second-order valence-corrected chi connectivity index (χ2v) is 8.17. The fraction of sp³-hybridized carbons (Fsp3) is 0.278. The summed E-state index contributed by atoms with van der Waals surface area (Å²) in [5.41, 5.74) is 0.931. The molecule has 1 aromatic heterocycles. The Morgan fingerprint density at radius 2 is 1.81 bits per heavy atom. The second-order valence-electron chi connectivity index (χ2n) is 6.23. The summed E-state index contributed by atoms with van der Waals surface area (Å²) in [6.07, 6.45) is 0.